The average molecular weight is 288 g/mol. The maximum absolute atomic E-state index is 12.1. The lowest BCUT2D eigenvalue weighted by atomic mass is 10.3. The maximum atomic E-state index is 12.1. The van der Waals surface area contributed by atoms with Crippen LogP contribution in [0.15, 0.2) is 23.4 Å². The van der Waals surface area contributed by atoms with Crippen molar-refractivity contribution in [3.05, 3.63) is 23.9 Å². The molecule has 1 saturated heterocycles. The van der Waals surface area contributed by atoms with Gasteiger partial charge in [-0.2, -0.15) is 5.26 Å². The van der Waals surface area contributed by atoms with Crippen molar-refractivity contribution >= 4 is 22.2 Å². The van der Waals surface area contributed by atoms with Gasteiger partial charge in [-0.1, -0.05) is 0 Å². The molecule has 5 nitrogen and oxygen atoms in total. The van der Waals surface area contributed by atoms with Gasteiger partial charge in [0, 0.05) is 12.2 Å². The third-order valence-electron chi connectivity index (χ3n) is 2.77. The van der Waals surface area contributed by atoms with E-state index in [0.717, 1.165) is 19.4 Å². The SMILES string of the molecule is Cl.N#Cc1cccnc1S(=O)(=O)CC1CCCN1. The Labute approximate surface area is 113 Å². The van der Waals surface area contributed by atoms with Crippen molar-refractivity contribution in [2.45, 2.75) is 23.9 Å². The molecule has 1 fully saturated rings. The van der Waals surface area contributed by atoms with E-state index in [0.29, 0.717) is 0 Å². The minimum absolute atomic E-state index is 0. The van der Waals surface area contributed by atoms with Gasteiger partial charge in [-0.15, -0.1) is 12.4 Å². The van der Waals surface area contributed by atoms with Gasteiger partial charge in [0.2, 0.25) is 0 Å². The highest BCUT2D eigenvalue weighted by Crippen LogP contribution is 2.16. The number of aromatic nitrogens is 1. The summed E-state index contributed by atoms with van der Waals surface area (Å²) in [5, 5.41) is 11.9. The lowest BCUT2D eigenvalue weighted by Gasteiger charge is -2.10. The largest absolute Gasteiger partial charge is 0.313 e. The molecule has 1 aliphatic heterocycles. The number of halogens is 1. The molecule has 18 heavy (non-hydrogen) atoms. The predicted molar refractivity (Wildman–Crippen MR) is 69.3 cm³/mol. The molecule has 1 aliphatic rings. The number of rotatable bonds is 3. The molecule has 1 aromatic rings. The highest BCUT2D eigenvalue weighted by atomic mass is 35.5. The van der Waals surface area contributed by atoms with Crippen molar-refractivity contribution in [2.24, 2.45) is 0 Å². The Balaban J connectivity index is 0.00000162. The van der Waals surface area contributed by atoms with Gasteiger partial charge < -0.3 is 5.32 Å². The molecule has 1 unspecified atom stereocenters. The van der Waals surface area contributed by atoms with E-state index >= 15 is 0 Å². The average Bonchev–Trinajstić information content (AvgIpc) is 2.81. The fourth-order valence-corrected chi connectivity index (χ4v) is 3.61. The number of nitriles is 1. The number of nitrogens with one attached hydrogen (secondary N) is 1. The molecule has 2 heterocycles. The molecule has 0 aliphatic carbocycles. The Bertz CT molecular complexity index is 548. The van der Waals surface area contributed by atoms with Crippen molar-refractivity contribution in [3.8, 4) is 6.07 Å². The fourth-order valence-electron chi connectivity index (χ4n) is 1.97. The first-order chi connectivity index (χ1) is 8.13. The first kappa shape index (κ1) is 14.9. The van der Waals surface area contributed by atoms with E-state index in [1.165, 1.54) is 12.3 Å². The molecule has 2 rings (SSSR count). The molecule has 1 aromatic heterocycles. The van der Waals surface area contributed by atoms with Gasteiger partial charge >= 0.3 is 0 Å². The van der Waals surface area contributed by atoms with Crippen LogP contribution in [0.25, 0.3) is 0 Å². The van der Waals surface area contributed by atoms with E-state index in [4.69, 9.17) is 5.26 Å². The Morgan fingerprint density at radius 1 is 1.56 bits per heavy atom. The van der Waals surface area contributed by atoms with Gasteiger partial charge in [0.25, 0.3) is 0 Å². The summed E-state index contributed by atoms with van der Waals surface area (Å²) in [6.45, 7) is 0.855. The van der Waals surface area contributed by atoms with E-state index in [9.17, 15) is 8.42 Å². The van der Waals surface area contributed by atoms with E-state index < -0.39 is 9.84 Å². The third kappa shape index (κ3) is 3.19. The van der Waals surface area contributed by atoms with E-state index in [-0.39, 0.29) is 34.8 Å². The molecule has 0 aromatic carbocycles. The molecule has 0 radical (unpaired) electrons. The monoisotopic (exact) mass is 287 g/mol. The number of hydrogen-bond donors (Lipinski definition) is 1. The highest BCUT2D eigenvalue weighted by Gasteiger charge is 2.26. The molecule has 1 atom stereocenters. The number of sulfone groups is 1. The second kappa shape index (κ2) is 6.14. The van der Waals surface area contributed by atoms with Crippen LogP contribution in [-0.2, 0) is 9.84 Å². The quantitative estimate of drug-likeness (QED) is 0.893. The molecular weight excluding hydrogens is 274 g/mol. The second-order valence-electron chi connectivity index (χ2n) is 4.04. The van der Waals surface area contributed by atoms with Crippen LogP contribution in [0.4, 0.5) is 0 Å². The normalized spacial score (nSPS) is 18.9. The Kier molecular flexibility index (Phi) is 5.08. The summed E-state index contributed by atoms with van der Waals surface area (Å²) in [6.07, 6.45) is 3.25. The molecule has 0 bridgehead atoms. The van der Waals surface area contributed by atoms with Crippen LogP contribution in [0.3, 0.4) is 0 Å². The minimum Gasteiger partial charge on any atom is -0.313 e. The van der Waals surface area contributed by atoms with Crippen LogP contribution in [0.5, 0.6) is 0 Å². The number of hydrogen-bond acceptors (Lipinski definition) is 5. The van der Waals surface area contributed by atoms with Crippen molar-refractivity contribution in [1.29, 1.82) is 5.26 Å². The lowest BCUT2D eigenvalue weighted by Crippen LogP contribution is -2.30. The third-order valence-corrected chi connectivity index (χ3v) is 4.52. The topological polar surface area (TPSA) is 82.8 Å². The van der Waals surface area contributed by atoms with Crippen LogP contribution >= 0.6 is 12.4 Å². The highest BCUT2D eigenvalue weighted by molar-refractivity contribution is 7.91. The lowest BCUT2D eigenvalue weighted by molar-refractivity contribution is 0.573. The molecule has 7 heteroatoms. The Morgan fingerprint density at radius 3 is 2.94 bits per heavy atom. The van der Waals surface area contributed by atoms with Crippen LogP contribution in [-0.4, -0.2) is 31.7 Å². The maximum Gasteiger partial charge on any atom is 0.198 e. The van der Waals surface area contributed by atoms with Crippen molar-refractivity contribution in [1.82, 2.24) is 10.3 Å². The second-order valence-corrected chi connectivity index (χ2v) is 5.99. The summed E-state index contributed by atoms with van der Waals surface area (Å²) in [6, 6.07) is 4.88. The van der Waals surface area contributed by atoms with E-state index in [2.05, 4.69) is 10.3 Å². The van der Waals surface area contributed by atoms with Crippen LogP contribution < -0.4 is 5.32 Å². The standard InChI is InChI=1S/C11H13N3O2S.ClH/c12-7-9-3-1-6-14-11(9)17(15,16)8-10-4-2-5-13-10;/h1,3,6,10,13H,2,4-5,8H2;1H. The van der Waals surface area contributed by atoms with Gasteiger partial charge in [-0.25, -0.2) is 13.4 Å². The zero-order valence-corrected chi connectivity index (χ0v) is 11.3. The molecular formula is C11H14ClN3O2S. The zero-order chi connectivity index (χ0) is 12.3. The molecule has 0 saturated carbocycles. The van der Waals surface area contributed by atoms with Crippen LogP contribution in [0.1, 0.15) is 18.4 Å². The van der Waals surface area contributed by atoms with E-state index in [1.54, 1.807) is 6.07 Å². The minimum atomic E-state index is -3.48. The summed E-state index contributed by atoms with van der Waals surface area (Å²) in [5.41, 5.74) is 0.116. The summed E-state index contributed by atoms with van der Waals surface area (Å²) in [4.78, 5) is 3.83. The molecule has 1 N–H and O–H groups in total. The first-order valence-electron chi connectivity index (χ1n) is 5.45. The van der Waals surface area contributed by atoms with Crippen molar-refractivity contribution < 1.29 is 8.42 Å². The van der Waals surface area contributed by atoms with Gasteiger partial charge in [0.05, 0.1) is 11.3 Å². The van der Waals surface area contributed by atoms with Crippen molar-refractivity contribution in [3.63, 3.8) is 0 Å². The van der Waals surface area contributed by atoms with Gasteiger partial charge in [0.1, 0.15) is 6.07 Å². The molecule has 98 valence electrons. The van der Waals surface area contributed by atoms with Gasteiger partial charge in [0.15, 0.2) is 14.9 Å². The van der Waals surface area contributed by atoms with Crippen LogP contribution in [0, 0.1) is 11.3 Å². The van der Waals surface area contributed by atoms with Gasteiger partial charge in [-0.05, 0) is 31.5 Å². The van der Waals surface area contributed by atoms with E-state index in [1.807, 2.05) is 6.07 Å². The number of nitrogens with zero attached hydrogens (tertiary/aromatic N) is 2. The first-order valence-corrected chi connectivity index (χ1v) is 7.10. The summed E-state index contributed by atoms with van der Waals surface area (Å²) in [7, 11) is -3.48. The Morgan fingerprint density at radius 2 is 2.33 bits per heavy atom. The summed E-state index contributed by atoms with van der Waals surface area (Å²) < 4.78 is 24.2. The predicted octanol–water partition coefficient (Wildman–Crippen LogP) is 0.901. The summed E-state index contributed by atoms with van der Waals surface area (Å²) >= 11 is 0. The van der Waals surface area contributed by atoms with Crippen molar-refractivity contribution in [2.75, 3.05) is 12.3 Å². The van der Waals surface area contributed by atoms with Gasteiger partial charge in [-0.3, -0.25) is 0 Å². The Hall–Kier alpha value is -1.16. The zero-order valence-electron chi connectivity index (χ0n) is 9.67. The fraction of sp³-hybridized carbons (Fsp3) is 0.455. The van der Waals surface area contributed by atoms with Crippen LogP contribution in [0.2, 0.25) is 0 Å². The summed E-state index contributed by atoms with van der Waals surface area (Å²) in [5.74, 6) is 0.0126. The molecule has 0 amide bonds. The molecule has 0 spiro atoms. The smallest absolute Gasteiger partial charge is 0.198 e. The number of pyridine rings is 1.